The SMILES string of the molecule is CCCNCCc1cc(OC)cc([N+](=O)[O-])c1. The Hall–Kier alpha value is -1.62. The summed E-state index contributed by atoms with van der Waals surface area (Å²) in [6.45, 7) is 3.88. The highest BCUT2D eigenvalue weighted by Crippen LogP contribution is 2.22. The van der Waals surface area contributed by atoms with Crippen LogP contribution in [0.5, 0.6) is 5.75 Å². The zero-order valence-electron chi connectivity index (χ0n) is 10.2. The normalized spacial score (nSPS) is 10.2. The molecule has 1 aromatic carbocycles. The van der Waals surface area contributed by atoms with Crippen molar-refractivity contribution in [2.45, 2.75) is 19.8 Å². The minimum atomic E-state index is -0.397. The Morgan fingerprint density at radius 3 is 2.71 bits per heavy atom. The van der Waals surface area contributed by atoms with E-state index in [4.69, 9.17) is 4.74 Å². The van der Waals surface area contributed by atoms with Crippen molar-refractivity contribution in [3.8, 4) is 5.75 Å². The van der Waals surface area contributed by atoms with Crippen LogP contribution in [0, 0.1) is 10.1 Å². The van der Waals surface area contributed by atoms with Gasteiger partial charge in [0.15, 0.2) is 0 Å². The number of non-ortho nitro benzene ring substituents is 1. The average Bonchev–Trinajstić information content (AvgIpc) is 2.34. The second-order valence-electron chi connectivity index (χ2n) is 3.80. The number of nitrogens with one attached hydrogen (secondary N) is 1. The van der Waals surface area contributed by atoms with Crippen LogP contribution in [-0.2, 0) is 6.42 Å². The summed E-state index contributed by atoms with van der Waals surface area (Å²) < 4.78 is 5.05. The van der Waals surface area contributed by atoms with Gasteiger partial charge in [-0.2, -0.15) is 0 Å². The molecule has 0 aliphatic heterocycles. The highest BCUT2D eigenvalue weighted by atomic mass is 16.6. The van der Waals surface area contributed by atoms with Crippen LogP contribution in [0.1, 0.15) is 18.9 Å². The molecule has 17 heavy (non-hydrogen) atoms. The molecule has 0 unspecified atom stereocenters. The van der Waals surface area contributed by atoms with Crippen LogP contribution in [0.25, 0.3) is 0 Å². The minimum absolute atomic E-state index is 0.0786. The maximum absolute atomic E-state index is 10.7. The number of benzene rings is 1. The second-order valence-corrected chi connectivity index (χ2v) is 3.80. The largest absolute Gasteiger partial charge is 0.496 e. The van der Waals surface area contributed by atoms with E-state index in [0.717, 1.165) is 31.5 Å². The number of nitro groups is 1. The summed E-state index contributed by atoms with van der Waals surface area (Å²) in [4.78, 5) is 10.3. The van der Waals surface area contributed by atoms with Crippen LogP contribution in [0.4, 0.5) is 5.69 Å². The fraction of sp³-hybridized carbons (Fsp3) is 0.500. The van der Waals surface area contributed by atoms with Crippen LogP contribution < -0.4 is 10.1 Å². The Kier molecular flexibility index (Phi) is 5.42. The van der Waals surface area contributed by atoms with Gasteiger partial charge in [-0.15, -0.1) is 0 Å². The van der Waals surface area contributed by atoms with E-state index in [1.54, 1.807) is 6.07 Å². The number of hydrogen-bond donors (Lipinski definition) is 1. The Morgan fingerprint density at radius 2 is 2.12 bits per heavy atom. The first-order chi connectivity index (χ1) is 8.17. The molecule has 0 spiro atoms. The molecule has 0 amide bonds. The second kappa shape index (κ2) is 6.85. The van der Waals surface area contributed by atoms with E-state index >= 15 is 0 Å². The van der Waals surface area contributed by atoms with Gasteiger partial charge in [-0.1, -0.05) is 6.92 Å². The molecule has 1 aromatic rings. The summed E-state index contributed by atoms with van der Waals surface area (Å²) >= 11 is 0. The molecule has 0 bridgehead atoms. The quantitative estimate of drug-likeness (QED) is 0.449. The number of nitrogens with zero attached hydrogens (tertiary/aromatic N) is 1. The Balaban J connectivity index is 2.70. The van der Waals surface area contributed by atoms with Crippen LogP contribution >= 0.6 is 0 Å². The average molecular weight is 238 g/mol. The van der Waals surface area contributed by atoms with Crippen molar-refractivity contribution in [3.05, 3.63) is 33.9 Å². The molecule has 1 rings (SSSR count). The summed E-state index contributed by atoms with van der Waals surface area (Å²) in [7, 11) is 1.51. The van der Waals surface area contributed by atoms with Crippen molar-refractivity contribution in [2.24, 2.45) is 0 Å². The summed E-state index contributed by atoms with van der Waals surface area (Å²) in [5, 5.41) is 14.0. The van der Waals surface area contributed by atoms with Gasteiger partial charge in [-0.25, -0.2) is 0 Å². The fourth-order valence-corrected chi connectivity index (χ4v) is 1.55. The molecule has 0 aliphatic carbocycles. The van der Waals surface area contributed by atoms with Crippen LogP contribution in [0.15, 0.2) is 18.2 Å². The molecule has 0 fully saturated rings. The van der Waals surface area contributed by atoms with Gasteiger partial charge < -0.3 is 10.1 Å². The zero-order valence-corrected chi connectivity index (χ0v) is 10.2. The Morgan fingerprint density at radius 1 is 1.35 bits per heavy atom. The van der Waals surface area contributed by atoms with E-state index in [9.17, 15) is 10.1 Å². The summed E-state index contributed by atoms with van der Waals surface area (Å²) in [6, 6.07) is 4.86. The van der Waals surface area contributed by atoms with E-state index in [1.165, 1.54) is 13.2 Å². The lowest BCUT2D eigenvalue weighted by molar-refractivity contribution is -0.385. The monoisotopic (exact) mass is 238 g/mol. The smallest absolute Gasteiger partial charge is 0.273 e. The molecule has 0 saturated carbocycles. The predicted octanol–water partition coefficient (Wildman–Crippen LogP) is 2.15. The van der Waals surface area contributed by atoms with Gasteiger partial charge in [-0.05, 0) is 37.6 Å². The van der Waals surface area contributed by atoms with E-state index in [2.05, 4.69) is 12.2 Å². The maximum Gasteiger partial charge on any atom is 0.273 e. The molecule has 0 atom stereocenters. The lowest BCUT2D eigenvalue weighted by Crippen LogP contribution is -2.17. The van der Waals surface area contributed by atoms with E-state index in [-0.39, 0.29) is 5.69 Å². The van der Waals surface area contributed by atoms with Crippen molar-refractivity contribution in [1.82, 2.24) is 5.32 Å². The molecule has 0 radical (unpaired) electrons. The third-order valence-corrected chi connectivity index (χ3v) is 2.41. The number of nitro benzene ring substituents is 1. The highest BCUT2D eigenvalue weighted by Gasteiger charge is 2.09. The van der Waals surface area contributed by atoms with Crippen molar-refractivity contribution in [2.75, 3.05) is 20.2 Å². The standard InChI is InChI=1S/C12H18N2O3/c1-3-5-13-6-4-10-7-11(14(15)16)9-12(8-10)17-2/h7-9,13H,3-6H2,1-2H3. The lowest BCUT2D eigenvalue weighted by Gasteiger charge is -2.06. The van der Waals surface area contributed by atoms with Gasteiger partial charge >= 0.3 is 0 Å². The molecule has 0 heterocycles. The minimum Gasteiger partial charge on any atom is -0.496 e. The predicted molar refractivity (Wildman–Crippen MR) is 66.5 cm³/mol. The van der Waals surface area contributed by atoms with Crippen LogP contribution in [0.2, 0.25) is 0 Å². The molecular weight excluding hydrogens is 220 g/mol. The molecular formula is C12H18N2O3. The summed E-state index contributed by atoms with van der Waals surface area (Å²) in [5.74, 6) is 0.532. The Bertz CT molecular complexity index is 380. The first-order valence-corrected chi connectivity index (χ1v) is 5.70. The fourth-order valence-electron chi connectivity index (χ4n) is 1.55. The first kappa shape index (κ1) is 13.4. The lowest BCUT2D eigenvalue weighted by atomic mass is 10.1. The zero-order chi connectivity index (χ0) is 12.7. The molecule has 0 aliphatic rings. The highest BCUT2D eigenvalue weighted by molar-refractivity contribution is 5.42. The van der Waals surface area contributed by atoms with Crippen molar-refractivity contribution < 1.29 is 9.66 Å². The third-order valence-electron chi connectivity index (χ3n) is 2.41. The third kappa shape index (κ3) is 4.40. The molecule has 5 heteroatoms. The summed E-state index contributed by atoms with van der Waals surface area (Å²) in [5.41, 5.74) is 0.995. The van der Waals surface area contributed by atoms with Crippen molar-refractivity contribution >= 4 is 5.69 Å². The van der Waals surface area contributed by atoms with E-state index < -0.39 is 4.92 Å². The number of methoxy groups -OCH3 is 1. The van der Waals surface area contributed by atoms with E-state index in [1.807, 2.05) is 6.07 Å². The van der Waals surface area contributed by atoms with Gasteiger partial charge in [0.05, 0.1) is 18.1 Å². The molecule has 94 valence electrons. The number of ether oxygens (including phenoxy) is 1. The molecule has 0 aromatic heterocycles. The van der Waals surface area contributed by atoms with Crippen LogP contribution in [0.3, 0.4) is 0 Å². The topological polar surface area (TPSA) is 64.4 Å². The van der Waals surface area contributed by atoms with Crippen molar-refractivity contribution in [3.63, 3.8) is 0 Å². The molecule has 1 N–H and O–H groups in total. The van der Waals surface area contributed by atoms with Gasteiger partial charge in [0, 0.05) is 6.07 Å². The van der Waals surface area contributed by atoms with Gasteiger partial charge in [0.2, 0.25) is 0 Å². The number of hydrogen-bond acceptors (Lipinski definition) is 4. The first-order valence-electron chi connectivity index (χ1n) is 5.70. The van der Waals surface area contributed by atoms with Gasteiger partial charge in [0.25, 0.3) is 5.69 Å². The van der Waals surface area contributed by atoms with Crippen LogP contribution in [-0.4, -0.2) is 25.1 Å². The number of rotatable bonds is 7. The van der Waals surface area contributed by atoms with E-state index in [0.29, 0.717) is 5.75 Å². The molecule has 5 nitrogen and oxygen atoms in total. The molecule has 0 saturated heterocycles. The van der Waals surface area contributed by atoms with Gasteiger partial charge in [-0.3, -0.25) is 10.1 Å². The Labute approximate surface area is 101 Å². The van der Waals surface area contributed by atoms with Crippen molar-refractivity contribution in [1.29, 1.82) is 0 Å². The maximum atomic E-state index is 10.7. The summed E-state index contributed by atoms with van der Waals surface area (Å²) in [6.07, 6.45) is 1.84. The van der Waals surface area contributed by atoms with Gasteiger partial charge in [0.1, 0.15) is 5.75 Å².